The van der Waals surface area contributed by atoms with Crippen molar-refractivity contribution in [3.05, 3.63) is 87.6 Å². The van der Waals surface area contributed by atoms with Crippen molar-refractivity contribution in [2.24, 2.45) is 0 Å². The predicted molar refractivity (Wildman–Crippen MR) is 170 cm³/mol. The number of carbonyl (C=O) groups is 1. The van der Waals surface area contributed by atoms with E-state index in [9.17, 15) is 9.59 Å². The van der Waals surface area contributed by atoms with E-state index in [-0.39, 0.29) is 23.9 Å². The van der Waals surface area contributed by atoms with Crippen molar-refractivity contribution in [1.29, 1.82) is 0 Å². The van der Waals surface area contributed by atoms with Gasteiger partial charge in [0.15, 0.2) is 5.65 Å². The average Bonchev–Trinajstić information content (AvgIpc) is 2.97. The second kappa shape index (κ2) is 11.7. The zero-order valence-electron chi connectivity index (χ0n) is 25.1. The lowest BCUT2D eigenvalue weighted by Gasteiger charge is -2.44. The van der Waals surface area contributed by atoms with Crippen molar-refractivity contribution in [3.63, 3.8) is 0 Å². The molecule has 2 atom stereocenters. The molecule has 5 rings (SSSR count). The SMILES string of the molecule is C=CC(=O)N1C[C@H](C)N(c2nc(=O)n(-c3c(C)ccnc3C(C)C)c3nc(-c4ccccc4CC)c(Cl)cc23)C[C@H]1C. The molecule has 218 valence electrons. The highest BCUT2D eigenvalue weighted by Crippen LogP contribution is 2.37. The molecule has 1 aliphatic heterocycles. The van der Waals surface area contributed by atoms with Crippen molar-refractivity contribution in [1.82, 2.24) is 24.4 Å². The Morgan fingerprint density at radius 2 is 1.88 bits per heavy atom. The Bertz CT molecular complexity index is 1750. The largest absolute Gasteiger partial charge is 0.355 e. The molecule has 0 unspecified atom stereocenters. The van der Waals surface area contributed by atoms with Gasteiger partial charge in [-0.15, -0.1) is 0 Å². The van der Waals surface area contributed by atoms with Crippen LogP contribution in [-0.4, -0.2) is 55.5 Å². The van der Waals surface area contributed by atoms with Crippen molar-refractivity contribution >= 4 is 34.4 Å². The predicted octanol–water partition coefficient (Wildman–Crippen LogP) is 6.10. The van der Waals surface area contributed by atoms with Gasteiger partial charge in [0.05, 0.1) is 27.5 Å². The lowest BCUT2D eigenvalue weighted by atomic mass is 10.0. The molecule has 0 spiro atoms. The van der Waals surface area contributed by atoms with E-state index in [0.29, 0.717) is 46.3 Å². The van der Waals surface area contributed by atoms with Gasteiger partial charge in [-0.05, 0) is 62.4 Å². The van der Waals surface area contributed by atoms with E-state index < -0.39 is 5.69 Å². The number of aryl methyl sites for hydroxylation is 2. The topological polar surface area (TPSA) is 84.2 Å². The van der Waals surface area contributed by atoms with Gasteiger partial charge in [-0.3, -0.25) is 9.78 Å². The summed E-state index contributed by atoms with van der Waals surface area (Å²) >= 11 is 7.00. The minimum Gasteiger partial charge on any atom is -0.349 e. The first-order chi connectivity index (χ1) is 20.1. The van der Waals surface area contributed by atoms with Crippen LogP contribution in [0.5, 0.6) is 0 Å². The Balaban J connectivity index is 1.83. The summed E-state index contributed by atoms with van der Waals surface area (Å²) in [5, 5.41) is 1.14. The summed E-state index contributed by atoms with van der Waals surface area (Å²) in [6.45, 7) is 16.8. The smallest absolute Gasteiger partial charge is 0.349 e. The van der Waals surface area contributed by atoms with Crippen LogP contribution >= 0.6 is 11.6 Å². The third-order valence-corrected chi connectivity index (χ3v) is 8.38. The van der Waals surface area contributed by atoms with Crippen LogP contribution in [0.25, 0.3) is 28.0 Å². The highest BCUT2D eigenvalue weighted by molar-refractivity contribution is 6.34. The van der Waals surface area contributed by atoms with Crippen molar-refractivity contribution in [2.75, 3.05) is 18.0 Å². The first-order valence-corrected chi connectivity index (χ1v) is 14.8. The Hall–Kier alpha value is -4.04. The molecule has 1 fully saturated rings. The van der Waals surface area contributed by atoms with E-state index in [1.807, 2.05) is 51.1 Å². The lowest BCUT2D eigenvalue weighted by molar-refractivity contribution is -0.128. The number of halogens is 1. The maximum atomic E-state index is 14.1. The van der Waals surface area contributed by atoms with Gasteiger partial charge in [0.1, 0.15) is 5.82 Å². The zero-order valence-corrected chi connectivity index (χ0v) is 25.8. The molecular formula is C33H37ClN6O2. The van der Waals surface area contributed by atoms with E-state index in [1.54, 1.807) is 15.7 Å². The summed E-state index contributed by atoms with van der Waals surface area (Å²) in [7, 11) is 0. The molecule has 42 heavy (non-hydrogen) atoms. The number of piperazine rings is 1. The van der Waals surface area contributed by atoms with Gasteiger partial charge in [-0.1, -0.05) is 63.2 Å². The third kappa shape index (κ3) is 5.09. The number of benzene rings is 1. The average molecular weight is 585 g/mol. The molecule has 4 aromatic rings. The van der Waals surface area contributed by atoms with Gasteiger partial charge in [-0.2, -0.15) is 4.98 Å². The van der Waals surface area contributed by atoms with Gasteiger partial charge >= 0.3 is 5.69 Å². The Morgan fingerprint density at radius 1 is 1.14 bits per heavy atom. The zero-order chi connectivity index (χ0) is 30.3. The number of anilines is 1. The summed E-state index contributed by atoms with van der Waals surface area (Å²) < 4.78 is 1.59. The maximum absolute atomic E-state index is 14.1. The van der Waals surface area contributed by atoms with Crippen LogP contribution in [-0.2, 0) is 11.2 Å². The summed E-state index contributed by atoms with van der Waals surface area (Å²) in [5.74, 6) is 0.457. The Morgan fingerprint density at radius 3 is 2.57 bits per heavy atom. The van der Waals surface area contributed by atoms with Crippen LogP contribution in [0.15, 0.2) is 60.0 Å². The molecule has 0 saturated carbocycles. The number of carbonyl (C=O) groups excluding carboxylic acids is 1. The molecule has 9 heteroatoms. The lowest BCUT2D eigenvalue weighted by Crippen LogP contribution is -2.58. The minimum atomic E-state index is -0.440. The molecule has 0 aliphatic carbocycles. The summed E-state index contributed by atoms with van der Waals surface area (Å²) in [6.07, 6.45) is 3.92. The molecule has 1 saturated heterocycles. The van der Waals surface area contributed by atoms with Crippen molar-refractivity contribution in [2.45, 2.75) is 66.0 Å². The van der Waals surface area contributed by atoms with Gasteiger partial charge in [-0.25, -0.2) is 14.3 Å². The minimum absolute atomic E-state index is 0.0606. The van der Waals surface area contributed by atoms with Crippen molar-refractivity contribution < 1.29 is 4.79 Å². The van der Waals surface area contributed by atoms with Gasteiger partial charge in [0.25, 0.3) is 0 Å². The summed E-state index contributed by atoms with van der Waals surface area (Å²) in [5.41, 5.74) is 5.06. The van der Waals surface area contributed by atoms with Gasteiger partial charge < -0.3 is 9.80 Å². The number of pyridine rings is 2. The second-order valence-corrected chi connectivity index (χ2v) is 11.7. The number of rotatable bonds is 6. The number of hydrogen-bond acceptors (Lipinski definition) is 6. The van der Waals surface area contributed by atoms with E-state index in [0.717, 1.165) is 28.8 Å². The number of hydrogen-bond donors (Lipinski definition) is 0. The van der Waals surface area contributed by atoms with E-state index in [2.05, 4.69) is 48.3 Å². The van der Waals surface area contributed by atoms with Crippen LogP contribution in [0.2, 0.25) is 5.02 Å². The van der Waals surface area contributed by atoms with Gasteiger partial charge in [0, 0.05) is 36.9 Å². The van der Waals surface area contributed by atoms with Crippen LogP contribution in [0.1, 0.15) is 57.4 Å². The summed E-state index contributed by atoms with van der Waals surface area (Å²) in [4.78, 5) is 45.0. The molecule has 1 aromatic carbocycles. The van der Waals surface area contributed by atoms with Crippen LogP contribution in [0.4, 0.5) is 5.82 Å². The number of fused-ring (bicyclic) bond motifs is 1. The van der Waals surface area contributed by atoms with Crippen LogP contribution in [0, 0.1) is 6.92 Å². The molecule has 0 N–H and O–H groups in total. The molecule has 0 bridgehead atoms. The van der Waals surface area contributed by atoms with E-state index >= 15 is 0 Å². The standard InChI is InChI=1S/C33H37ClN6O2/c1-8-23-12-10-11-13-24(23)29-26(34)16-25-31(39-18-21(6)38(17-22(39)7)27(41)9-2)37-33(42)40(32(25)36-29)30-20(5)14-15-35-28(30)19(3)4/h9-16,19,21-22H,2,8,17-18H2,1,3-7H3/t21-,22+/m1/s1. The summed E-state index contributed by atoms with van der Waals surface area (Å²) in [6, 6.07) is 11.6. The first-order valence-electron chi connectivity index (χ1n) is 14.4. The molecule has 0 radical (unpaired) electrons. The number of nitrogens with zero attached hydrogens (tertiary/aromatic N) is 6. The maximum Gasteiger partial charge on any atom is 0.355 e. The fraction of sp³-hybridized carbons (Fsp3) is 0.364. The highest BCUT2D eigenvalue weighted by atomic mass is 35.5. The Labute approximate surface area is 251 Å². The second-order valence-electron chi connectivity index (χ2n) is 11.3. The number of amides is 1. The molecule has 3 aromatic heterocycles. The van der Waals surface area contributed by atoms with E-state index in [4.69, 9.17) is 16.6 Å². The molecule has 1 amide bonds. The quantitative estimate of drug-likeness (QED) is 0.255. The van der Waals surface area contributed by atoms with Gasteiger partial charge in [0.2, 0.25) is 5.91 Å². The normalized spacial score (nSPS) is 17.2. The third-order valence-electron chi connectivity index (χ3n) is 8.10. The fourth-order valence-electron chi connectivity index (χ4n) is 5.91. The first kappa shape index (κ1) is 29.5. The molecule has 1 aliphatic rings. The van der Waals surface area contributed by atoms with E-state index in [1.165, 1.54) is 6.08 Å². The van der Waals surface area contributed by atoms with Crippen LogP contribution < -0.4 is 10.6 Å². The molecule has 8 nitrogen and oxygen atoms in total. The number of aromatic nitrogens is 4. The Kier molecular flexibility index (Phi) is 8.19. The van der Waals surface area contributed by atoms with Crippen molar-refractivity contribution in [3.8, 4) is 16.9 Å². The van der Waals surface area contributed by atoms with Crippen LogP contribution in [0.3, 0.4) is 0 Å². The monoisotopic (exact) mass is 584 g/mol. The molecular weight excluding hydrogens is 548 g/mol. The molecule has 4 heterocycles. The fourth-order valence-corrected chi connectivity index (χ4v) is 6.16. The highest BCUT2D eigenvalue weighted by Gasteiger charge is 2.34.